The molecule has 0 fully saturated rings. The second-order valence-corrected chi connectivity index (χ2v) is 6.79. The number of H-pyrrole nitrogens is 1. The minimum Gasteiger partial charge on any atom is -0.373 e. The maximum atomic E-state index is 11.8. The lowest BCUT2D eigenvalue weighted by Crippen LogP contribution is -2.12. The summed E-state index contributed by atoms with van der Waals surface area (Å²) in [5.74, 6) is 0.749. The Balaban J connectivity index is 1.77. The second-order valence-electron chi connectivity index (χ2n) is 5.83. The number of rotatable bonds is 6. The van der Waals surface area contributed by atoms with Gasteiger partial charge < -0.3 is 9.72 Å². The van der Waals surface area contributed by atoms with Crippen molar-refractivity contribution >= 4 is 22.5 Å². The summed E-state index contributed by atoms with van der Waals surface area (Å²) >= 11 is 1.53. The number of nitrogens with zero attached hydrogens (tertiary/aromatic N) is 1. The van der Waals surface area contributed by atoms with E-state index in [1.807, 2.05) is 26.0 Å². The molecular weight excluding hydrogens is 320 g/mol. The predicted molar refractivity (Wildman–Crippen MR) is 98.3 cm³/mol. The number of ether oxygens (including phenoxy) is 1. The first-order valence-electron chi connectivity index (χ1n) is 7.93. The number of fused-ring (bicyclic) bond motifs is 1. The van der Waals surface area contributed by atoms with Gasteiger partial charge in [-0.25, -0.2) is 4.98 Å². The first-order chi connectivity index (χ1) is 11.6. The first kappa shape index (κ1) is 16.7. The Hall–Kier alpha value is -2.11. The third-order valence-electron chi connectivity index (χ3n) is 3.58. The smallest absolute Gasteiger partial charge is 0.251 e. The van der Waals surface area contributed by atoms with Crippen LogP contribution >= 0.6 is 11.8 Å². The van der Waals surface area contributed by atoms with Crippen LogP contribution in [-0.2, 0) is 17.1 Å². The van der Waals surface area contributed by atoms with E-state index in [1.54, 1.807) is 0 Å². The van der Waals surface area contributed by atoms with Crippen LogP contribution in [0, 0.1) is 0 Å². The van der Waals surface area contributed by atoms with E-state index in [0.29, 0.717) is 17.5 Å². The van der Waals surface area contributed by atoms with Gasteiger partial charge in [0.15, 0.2) is 5.16 Å². The number of benzene rings is 2. The maximum absolute atomic E-state index is 11.8. The summed E-state index contributed by atoms with van der Waals surface area (Å²) in [6.45, 7) is 4.27. The van der Waals surface area contributed by atoms with Gasteiger partial charge in [0.25, 0.3) is 5.56 Å². The third kappa shape index (κ3) is 4.24. The van der Waals surface area contributed by atoms with Gasteiger partial charge in [0, 0.05) is 11.8 Å². The summed E-state index contributed by atoms with van der Waals surface area (Å²) in [7, 11) is 0. The van der Waals surface area contributed by atoms with Gasteiger partial charge in [0.05, 0.1) is 18.4 Å². The van der Waals surface area contributed by atoms with E-state index in [-0.39, 0.29) is 11.7 Å². The number of aromatic amines is 1. The van der Waals surface area contributed by atoms with Gasteiger partial charge in [0.2, 0.25) is 0 Å². The van der Waals surface area contributed by atoms with Crippen molar-refractivity contribution in [2.45, 2.75) is 37.5 Å². The highest BCUT2D eigenvalue weighted by Crippen LogP contribution is 2.25. The van der Waals surface area contributed by atoms with Gasteiger partial charge in [-0.05, 0) is 30.2 Å². The highest BCUT2D eigenvalue weighted by Gasteiger charge is 2.06. The van der Waals surface area contributed by atoms with Crippen molar-refractivity contribution in [2.24, 2.45) is 0 Å². The Morgan fingerprint density at radius 2 is 1.96 bits per heavy atom. The lowest BCUT2D eigenvalue weighted by atomic mass is 10.1. The third-order valence-corrected chi connectivity index (χ3v) is 4.50. The van der Waals surface area contributed by atoms with Crippen LogP contribution in [0.1, 0.15) is 25.1 Å². The summed E-state index contributed by atoms with van der Waals surface area (Å²) in [5, 5.41) is 3.07. The molecule has 3 rings (SSSR count). The van der Waals surface area contributed by atoms with Crippen molar-refractivity contribution in [3.05, 3.63) is 70.1 Å². The average Bonchev–Trinajstić information content (AvgIpc) is 2.58. The molecule has 0 aliphatic rings. The van der Waals surface area contributed by atoms with E-state index < -0.39 is 0 Å². The molecule has 0 spiro atoms. The molecule has 0 aliphatic carbocycles. The van der Waals surface area contributed by atoms with Crippen LogP contribution < -0.4 is 5.56 Å². The number of hydrogen-bond donors (Lipinski definition) is 1. The van der Waals surface area contributed by atoms with Crippen molar-refractivity contribution in [1.29, 1.82) is 0 Å². The fraction of sp³-hybridized carbons (Fsp3) is 0.263. The molecule has 124 valence electrons. The van der Waals surface area contributed by atoms with Crippen LogP contribution in [0.25, 0.3) is 10.8 Å². The van der Waals surface area contributed by atoms with Crippen LogP contribution in [0.5, 0.6) is 0 Å². The molecule has 3 aromatic rings. The monoisotopic (exact) mass is 340 g/mol. The number of aromatic nitrogens is 2. The van der Waals surface area contributed by atoms with Crippen molar-refractivity contribution in [3.8, 4) is 0 Å². The average molecular weight is 340 g/mol. The van der Waals surface area contributed by atoms with E-state index >= 15 is 0 Å². The lowest BCUT2D eigenvalue weighted by Gasteiger charge is -2.09. The maximum Gasteiger partial charge on any atom is 0.251 e. The zero-order chi connectivity index (χ0) is 16.9. The van der Waals surface area contributed by atoms with Crippen LogP contribution in [0.4, 0.5) is 0 Å². The molecule has 0 amide bonds. The minimum absolute atomic E-state index is 0.109. The normalized spacial score (nSPS) is 11.3. The topological polar surface area (TPSA) is 55.0 Å². The molecule has 0 saturated heterocycles. The summed E-state index contributed by atoms with van der Waals surface area (Å²) in [4.78, 5) is 19.1. The number of thioether (sulfide) groups is 1. The van der Waals surface area contributed by atoms with Crippen LogP contribution in [-0.4, -0.2) is 16.1 Å². The second kappa shape index (κ2) is 7.64. The summed E-state index contributed by atoms with van der Waals surface area (Å²) < 4.78 is 5.53. The van der Waals surface area contributed by atoms with Gasteiger partial charge in [0.1, 0.15) is 0 Å². The zero-order valence-corrected chi connectivity index (χ0v) is 14.6. The molecule has 0 saturated carbocycles. The van der Waals surface area contributed by atoms with Crippen molar-refractivity contribution in [3.63, 3.8) is 0 Å². The van der Waals surface area contributed by atoms with E-state index in [2.05, 4.69) is 40.3 Å². The van der Waals surface area contributed by atoms with Gasteiger partial charge in [-0.3, -0.25) is 4.79 Å². The molecular formula is C19H20N2O2S. The first-order valence-corrected chi connectivity index (χ1v) is 8.91. The molecule has 0 bridgehead atoms. The van der Waals surface area contributed by atoms with Crippen LogP contribution in [0.2, 0.25) is 0 Å². The molecule has 4 nitrogen and oxygen atoms in total. The summed E-state index contributed by atoms with van der Waals surface area (Å²) in [6.07, 6.45) is 0.109. The highest BCUT2D eigenvalue weighted by molar-refractivity contribution is 7.98. The molecule has 2 aromatic carbocycles. The fourth-order valence-electron chi connectivity index (χ4n) is 2.44. The molecule has 5 heteroatoms. The Bertz CT molecular complexity index is 884. The standard InChI is InChI=1S/C19H20N2O2S/c1-13(2)23-11-16-10-18(22)21-19(20-16)24-12-15-8-5-7-14-6-3-4-9-17(14)15/h3-10,13H,11-12H2,1-2H3,(H,20,21,22). The molecule has 0 radical (unpaired) electrons. The Morgan fingerprint density at radius 1 is 1.17 bits per heavy atom. The fourth-order valence-corrected chi connectivity index (χ4v) is 3.34. The Kier molecular flexibility index (Phi) is 5.33. The van der Waals surface area contributed by atoms with E-state index in [1.165, 1.54) is 34.2 Å². The molecule has 0 aliphatic heterocycles. The Morgan fingerprint density at radius 3 is 2.79 bits per heavy atom. The Labute approximate surface area is 145 Å². The molecule has 1 N–H and O–H groups in total. The van der Waals surface area contributed by atoms with E-state index in [9.17, 15) is 4.79 Å². The van der Waals surface area contributed by atoms with E-state index in [4.69, 9.17) is 4.74 Å². The molecule has 1 aromatic heterocycles. The zero-order valence-electron chi connectivity index (χ0n) is 13.8. The van der Waals surface area contributed by atoms with Crippen molar-refractivity contribution in [1.82, 2.24) is 9.97 Å². The van der Waals surface area contributed by atoms with Crippen LogP contribution in [0.3, 0.4) is 0 Å². The summed E-state index contributed by atoms with van der Waals surface area (Å²) in [5.41, 5.74) is 1.74. The van der Waals surface area contributed by atoms with Gasteiger partial charge in [-0.1, -0.05) is 54.2 Å². The SMILES string of the molecule is CC(C)OCc1cc(=O)[nH]c(SCc2cccc3ccccc23)n1. The minimum atomic E-state index is -0.146. The van der Waals surface area contributed by atoms with Gasteiger partial charge >= 0.3 is 0 Å². The largest absolute Gasteiger partial charge is 0.373 e. The highest BCUT2D eigenvalue weighted by atomic mass is 32.2. The number of hydrogen-bond acceptors (Lipinski definition) is 4. The quantitative estimate of drug-likeness (QED) is 0.541. The van der Waals surface area contributed by atoms with Gasteiger partial charge in [-0.2, -0.15) is 0 Å². The molecule has 0 atom stereocenters. The molecule has 24 heavy (non-hydrogen) atoms. The van der Waals surface area contributed by atoms with Crippen molar-refractivity contribution in [2.75, 3.05) is 0 Å². The molecule has 1 heterocycles. The molecule has 0 unspecified atom stereocenters. The van der Waals surface area contributed by atoms with Crippen molar-refractivity contribution < 1.29 is 4.74 Å². The lowest BCUT2D eigenvalue weighted by molar-refractivity contribution is 0.0631. The van der Waals surface area contributed by atoms with Crippen LogP contribution in [0.15, 0.2) is 58.5 Å². The number of nitrogens with one attached hydrogen (secondary N) is 1. The van der Waals surface area contributed by atoms with E-state index in [0.717, 1.165) is 5.75 Å². The summed E-state index contributed by atoms with van der Waals surface area (Å²) in [6, 6.07) is 16.1. The van der Waals surface area contributed by atoms with Gasteiger partial charge in [-0.15, -0.1) is 0 Å². The predicted octanol–water partition coefficient (Wildman–Crippen LogP) is 4.14.